The summed E-state index contributed by atoms with van der Waals surface area (Å²) in [7, 11) is 2.30. The maximum atomic E-state index is 3.71. The van der Waals surface area contributed by atoms with Crippen LogP contribution in [0.5, 0.6) is 0 Å². The molecule has 1 heterocycles. The Labute approximate surface area is 114 Å². The topological polar surface area (TPSA) is 15.3 Å². The second kappa shape index (κ2) is 7.49. The Kier molecular flexibility index (Phi) is 5.97. The summed E-state index contributed by atoms with van der Waals surface area (Å²) in [5.74, 6) is 1.95. The molecule has 2 fully saturated rings. The van der Waals surface area contributed by atoms with E-state index in [2.05, 4.69) is 24.2 Å². The number of likely N-dealkylation sites (tertiary alicyclic amines) is 1. The van der Waals surface area contributed by atoms with Gasteiger partial charge in [0.2, 0.25) is 0 Å². The molecular formula is C16H32N2. The average molecular weight is 252 g/mol. The van der Waals surface area contributed by atoms with Crippen LogP contribution in [0.2, 0.25) is 0 Å². The fourth-order valence-electron chi connectivity index (χ4n) is 3.62. The second-order valence-corrected chi connectivity index (χ2v) is 6.75. The van der Waals surface area contributed by atoms with Crippen molar-refractivity contribution in [3.8, 4) is 0 Å². The van der Waals surface area contributed by atoms with Gasteiger partial charge in [0.05, 0.1) is 0 Å². The van der Waals surface area contributed by atoms with Crippen LogP contribution < -0.4 is 5.32 Å². The zero-order chi connectivity index (χ0) is 12.8. The Hall–Kier alpha value is -0.0800. The number of piperidine rings is 1. The summed E-state index contributed by atoms with van der Waals surface area (Å²) in [4.78, 5) is 2.56. The minimum absolute atomic E-state index is 0.845. The smallest absolute Gasteiger partial charge is 0.0104 e. The van der Waals surface area contributed by atoms with Gasteiger partial charge in [0, 0.05) is 6.04 Å². The van der Waals surface area contributed by atoms with E-state index in [4.69, 9.17) is 0 Å². The first-order chi connectivity index (χ1) is 8.75. The molecule has 2 aliphatic rings. The summed E-state index contributed by atoms with van der Waals surface area (Å²) in [6.07, 6.45) is 11.4. The molecule has 1 aliphatic carbocycles. The van der Waals surface area contributed by atoms with Crippen LogP contribution in [-0.2, 0) is 0 Å². The molecule has 18 heavy (non-hydrogen) atoms. The summed E-state index contributed by atoms with van der Waals surface area (Å²) in [5.41, 5.74) is 0. The van der Waals surface area contributed by atoms with Crippen LogP contribution in [0.1, 0.15) is 58.3 Å². The van der Waals surface area contributed by atoms with E-state index in [0.29, 0.717) is 0 Å². The van der Waals surface area contributed by atoms with Crippen molar-refractivity contribution in [1.29, 1.82) is 0 Å². The van der Waals surface area contributed by atoms with Crippen LogP contribution in [0, 0.1) is 11.8 Å². The van der Waals surface area contributed by atoms with Crippen molar-refractivity contribution in [3.05, 3.63) is 0 Å². The third kappa shape index (κ3) is 4.55. The zero-order valence-electron chi connectivity index (χ0n) is 12.5. The fourth-order valence-corrected chi connectivity index (χ4v) is 3.62. The molecule has 0 amide bonds. The molecule has 0 radical (unpaired) electrons. The van der Waals surface area contributed by atoms with E-state index in [-0.39, 0.29) is 0 Å². The van der Waals surface area contributed by atoms with Crippen LogP contribution in [0.15, 0.2) is 0 Å². The minimum atomic E-state index is 0.845. The Bertz CT molecular complexity index is 221. The molecule has 106 valence electrons. The van der Waals surface area contributed by atoms with Crippen LogP contribution in [0.25, 0.3) is 0 Å². The largest absolute Gasteiger partial charge is 0.316 e. The molecule has 0 spiro atoms. The van der Waals surface area contributed by atoms with Crippen LogP contribution in [0.4, 0.5) is 0 Å². The van der Waals surface area contributed by atoms with Crippen molar-refractivity contribution in [1.82, 2.24) is 10.2 Å². The molecule has 1 saturated heterocycles. The lowest BCUT2D eigenvalue weighted by Gasteiger charge is -2.33. The monoisotopic (exact) mass is 252 g/mol. The van der Waals surface area contributed by atoms with Gasteiger partial charge in [0.25, 0.3) is 0 Å². The van der Waals surface area contributed by atoms with Crippen molar-refractivity contribution in [2.24, 2.45) is 11.8 Å². The Morgan fingerprint density at radius 2 is 1.83 bits per heavy atom. The first kappa shape index (κ1) is 14.3. The lowest BCUT2D eigenvalue weighted by Crippen LogP contribution is -2.38. The van der Waals surface area contributed by atoms with Crippen molar-refractivity contribution >= 4 is 0 Å². The predicted molar refractivity (Wildman–Crippen MR) is 78.9 cm³/mol. The third-order valence-electron chi connectivity index (χ3n) is 5.14. The van der Waals surface area contributed by atoms with Crippen LogP contribution in [0.3, 0.4) is 0 Å². The van der Waals surface area contributed by atoms with Crippen molar-refractivity contribution < 1.29 is 0 Å². The van der Waals surface area contributed by atoms with Gasteiger partial charge in [-0.2, -0.15) is 0 Å². The van der Waals surface area contributed by atoms with E-state index < -0.39 is 0 Å². The quantitative estimate of drug-likeness (QED) is 0.755. The molecule has 1 aliphatic heterocycles. The maximum Gasteiger partial charge on any atom is 0.0104 e. The molecule has 0 bridgehead atoms. The molecule has 0 aromatic carbocycles. The third-order valence-corrected chi connectivity index (χ3v) is 5.14. The number of nitrogens with one attached hydrogen (secondary N) is 1. The molecular weight excluding hydrogens is 220 g/mol. The van der Waals surface area contributed by atoms with E-state index in [0.717, 1.165) is 17.9 Å². The fraction of sp³-hybridized carbons (Fsp3) is 1.00. The summed E-state index contributed by atoms with van der Waals surface area (Å²) in [5, 5.41) is 3.71. The van der Waals surface area contributed by atoms with Crippen LogP contribution >= 0.6 is 0 Å². The van der Waals surface area contributed by atoms with E-state index in [1.807, 2.05) is 0 Å². The highest BCUT2D eigenvalue weighted by atomic mass is 15.1. The molecule has 2 nitrogen and oxygen atoms in total. The predicted octanol–water partition coefficient (Wildman–Crippen LogP) is 3.28. The highest BCUT2D eigenvalue weighted by molar-refractivity contribution is 4.76. The van der Waals surface area contributed by atoms with Crippen molar-refractivity contribution in [3.63, 3.8) is 0 Å². The standard InChI is InChI=1S/C16H32N2/c1-14-6-8-15(9-7-14)13-17-11-10-16-5-3-4-12-18(16)2/h14-17H,3-13H2,1-2H3. The summed E-state index contributed by atoms with van der Waals surface area (Å²) in [6.45, 7) is 6.21. The number of rotatable bonds is 5. The second-order valence-electron chi connectivity index (χ2n) is 6.75. The van der Waals surface area contributed by atoms with Gasteiger partial charge >= 0.3 is 0 Å². The maximum absolute atomic E-state index is 3.71. The van der Waals surface area contributed by atoms with E-state index in [1.165, 1.54) is 71.0 Å². The van der Waals surface area contributed by atoms with Crippen molar-refractivity contribution in [2.75, 3.05) is 26.7 Å². The Morgan fingerprint density at radius 1 is 1.06 bits per heavy atom. The van der Waals surface area contributed by atoms with Gasteiger partial charge in [-0.15, -0.1) is 0 Å². The normalized spacial score (nSPS) is 34.7. The molecule has 1 N–H and O–H groups in total. The van der Waals surface area contributed by atoms with Crippen molar-refractivity contribution in [2.45, 2.75) is 64.3 Å². The van der Waals surface area contributed by atoms with Gasteiger partial charge in [-0.05, 0) is 70.6 Å². The molecule has 1 atom stereocenters. The first-order valence-corrected chi connectivity index (χ1v) is 8.16. The van der Waals surface area contributed by atoms with Crippen LogP contribution in [-0.4, -0.2) is 37.6 Å². The van der Waals surface area contributed by atoms with Gasteiger partial charge in [0.15, 0.2) is 0 Å². The van der Waals surface area contributed by atoms with E-state index in [1.54, 1.807) is 0 Å². The lowest BCUT2D eigenvalue weighted by molar-refractivity contribution is 0.174. The minimum Gasteiger partial charge on any atom is -0.316 e. The summed E-state index contributed by atoms with van der Waals surface area (Å²) < 4.78 is 0. The van der Waals surface area contributed by atoms with Gasteiger partial charge in [-0.3, -0.25) is 0 Å². The first-order valence-electron chi connectivity index (χ1n) is 8.16. The molecule has 0 aromatic heterocycles. The molecule has 1 unspecified atom stereocenters. The Morgan fingerprint density at radius 3 is 2.56 bits per heavy atom. The zero-order valence-corrected chi connectivity index (χ0v) is 12.5. The number of hydrogen-bond donors (Lipinski definition) is 1. The van der Waals surface area contributed by atoms with Gasteiger partial charge in [0.1, 0.15) is 0 Å². The highest BCUT2D eigenvalue weighted by Gasteiger charge is 2.19. The molecule has 1 saturated carbocycles. The number of nitrogens with zero attached hydrogens (tertiary/aromatic N) is 1. The van der Waals surface area contributed by atoms with Gasteiger partial charge < -0.3 is 10.2 Å². The van der Waals surface area contributed by atoms with Gasteiger partial charge in [-0.1, -0.05) is 26.2 Å². The molecule has 2 heteroatoms. The van der Waals surface area contributed by atoms with E-state index in [9.17, 15) is 0 Å². The Balaban J connectivity index is 1.53. The molecule has 2 rings (SSSR count). The number of hydrogen-bond acceptors (Lipinski definition) is 2. The lowest BCUT2D eigenvalue weighted by atomic mass is 9.83. The van der Waals surface area contributed by atoms with E-state index >= 15 is 0 Å². The summed E-state index contributed by atoms with van der Waals surface area (Å²) >= 11 is 0. The highest BCUT2D eigenvalue weighted by Crippen LogP contribution is 2.27. The molecule has 0 aromatic rings. The average Bonchev–Trinajstić information content (AvgIpc) is 2.39. The summed E-state index contributed by atoms with van der Waals surface area (Å²) in [6, 6.07) is 0.845. The SMILES string of the molecule is CC1CCC(CNCCC2CCCCN2C)CC1. The van der Waals surface area contributed by atoms with Gasteiger partial charge in [-0.25, -0.2) is 0 Å².